The summed E-state index contributed by atoms with van der Waals surface area (Å²) in [4.78, 5) is 65.1. The number of carbonyl (C=O) groups is 5. The Kier molecular flexibility index (Phi) is 18.3. The summed E-state index contributed by atoms with van der Waals surface area (Å²) in [6, 6.07) is 9.83. The van der Waals surface area contributed by atoms with Gasteiger partial charge in [0, 0.05) is 67.1 Å². The lowest BCUT2D eigenvalue weighted by Crippen LogP contribution is -2.31. The third-order valence-electron chi connectivity index (χ3n) is 7.43. The number of aldehydes is 1. The van der Waals surface area contributed by atoms with E-state index in [1.165, 1.54) is 13.3 Å². The zero-order chi connectivity index (χ0) is 36.0. The highest BCUT2D eigenvalue weighted by Crippen LogP contribution is 2.23. The van der Waals surface area contributed by atoms with Crippen molar-refractivity contribution in [2.75, 3.05) is 64.6 Å². The van der Waals surface area contributed by atoms with E-state index in [4.69, 9.17) is 21.1 Å². The van der Waals surface area contributed by atoms with Crippen LogP contribution in [-0.2, 0) is 25.7 Å². The maximum atomic E-state index is 12.7. The molecule has 0 aliphatic heterocycles. The zero-order valence-electron chi connectivity index (χ0n) is 28.2. The standard InChI is InChI=1S/C33H47N9O7/c1-23(7-10-31(45)39-22-44)42(2)20-27-25(21-43)5-4-6-29(27)40-32(46)11-12-36-13-15-49-16-14-37-18-26(41-35)19-38-33(47)24-8-9-28(34)30(17-24)48-3/h4-6,8-9,17-18,21-23,36H,7,10-16,19-20,34-35H2,1-3H3,(H,38,47)(H,40,46)(H,39,44,45)/b37-18?,41-26+. The second kappa shape index (κ2) is 22.4. The van der Waals surface area contributed by atoms with E-state index >= 15 is 0 Å². The highest BCUT2D eigenvalue weighted by molar-refractivity contribution is 6.32. The molecule has 8 N–H and O–H groups in total. The number of nitrogens with one attached hydrogen (secondary N) is 4. The fraction of sp³-hybridized carbons (Fsp3) is 0.424. The van der Waals surface area contributed by atoms with Gasteiger partial charge in [0.25, 0.3) is 5.91 Å². The summed E-state index contributed by atoms with van der Waals surface area (Å²) in [5.41, 5.74) is 8.65. The molecule has 0 bridgehead atoms. The van der Waals surface area contributed by atoms with Gasteiger partial charge in [-0.3, -0.25) is 39.2 Å². The van der Waals surface area contributed by atoms with E-state index < -0.39 is 0 Å². The Labute approximate surface area is 286 Å². The van der Waals surface area contributed by atoms with E-state index in [0.29, 0.717) is 91.8 Å². The molecule has 49 heavy (non-hydrogen) atoms. The molecule has 0 saturated heterocycles. The van der Waals surface area contributed by atoms with Gasteiger partial charge in [0.1, 0.15) is 12.0 Å². The molecule has 2 rings (SSSR count). The number of hydrogen-bond donors (Lipinski definition) is 6. The van der Waals surface area contributed by atoms with E-state index in [-0.39, 0.29) is 43.1 Å². The summed E-state index contributed by atoms with van der Waals surface area (Å²) in [6.07, 6.45) is 3.48. The van der Waals surface area contributed by atoms with Crippen molar-refractivity contribution in [1.29, 1.82) is 0 Å². The molecular weight excluding hydrogens is 634 g/mol. The van der Waals surface area contributed by atoms with Crippen LogP contribution in [0, 0.1) is 0 Å². The quantitative estimate of drug-likeness (QED) is 0.0239. The molecule has 0 aliphatic carbocycles. The molecule has 16 heteroatoms. The molecule has 0 radical (unpaired) electrons. The van der Waals surface area contributed by atoms with Crippen molar-refractivity contribution >= 4 is 53.7 Å². The van der Waals surface area contributed by atoms with E-state index in [2.05, 4.69) is 31.4 Å². The first-order valence-electron chi connectivity index (χ1n) is 15.7. The van der Waals surface area contributed by atoms with E-state index in [1.807, 2.05) is 18.9 Å². The van der Waals surface area contributed by atoms with Crippen molar-refractivity contribution in [3.05, 3.63) is 53.1 Å². The van der Waals surface area contributed by atoms with Crippen LogP contribution >= 0.6 is 0 Å². The normalized spacial score (nSPS) is 12.0. The highest BCUT2D eigenvalue weighted by atomic mass is 16.5. The number of benzene rings is 2. The average molecular weight is 682 g/mol. The topological polar surface area (TPSA) is 232 Å². The molecule has 4 amide bonds. The Morgan fingerprint density at radius 1 is 1.06 bits per heavy atom. The van der Waals surface area contributed by atoms with E-state index in [1.54, 1.807) is 36.4 Å². The number of carbonyl (C=O) groups excluding carboxylic acids is 5. The largest absolute Gasteiger partial charge is 0.495 e. The smallest absolute Gasteiger partial charge is 0.251 e. The molecule has 2 aromatic rings. The Balaban J connectivity index is 1.67. The van der Waals surface area contributed by atoms with Crippen molar-refractivity contribution in [1.82, 2.24) is 20.9 Å². The Morgan fingerprint density at radius 2 is 1.86 bits per heavy atom. The molecule has 0 aromatic heterocycles. The molecule has 1 unspecified atom stereocenters. The number of hydrazone groups is 1. The van der Waals surface area contributed by atoms with Crippen molar-refractivity contribution in [3.63, 3.8) is 0 Å². The Morgan fingerprint density at radius 3 is 2.57 bits per heavy atom. The van der Waals surface area contributed by atoms with Gasteiger partial charge in [-0.25, -0.2) is 0 Å². The summed E-state index contributed by atoms with van der Waals surface area (Å²) in [5, 5.41) is 14.5. The molecule has 266 valence electrons. The summed E-state index contributed by atoms with van der Waals surface area (Å²) in [6.45, 7) is 4.45. The first kappa shape index (κ1) is 40.0. The third kappa shape index (κ3) is 14.6. The number of nitrogens with two attached hydrogens (primary N) is 2. The number of methoxy groups -OCH3 is 1. The summed E-state index contributed by atoms with van der Waals surface area (Å²) in [5.74, 6) is 4.91. The number of anilines is 2. The van der Waals surface area contributed by atoms with Crippen molar-refractivity contribution in [2.24, 2.45) is 15.9 Å². The van der Waals surface area contributed by atoms with Gasteiger partial charge in [-0.05, 0) is 44.7 Å². The zero-order valence-corrected chi connectivity index (χ0v) is 28.2. The summed E-state index contributed by atoms with van der Waals surface area (Å²) >= 11 is 0. The van der Waals surface area contributed by atoms with Crippen molar-refractivity contribution in [2.45, 2.75) is 38.8 Å². The first-order chi connectivity index (χ1) is 23.6. The van der Waals surface area contributed by atoms with Crippen LogP contribution in [0.2, 0.25) is 0 Å². The molecule has 0 fully saturated rings. The highest BCUT2D eigenvalue weighted by Gasteiger charge is 2.17. The van der Waals surface area contributed by atoms with E-state index in [0.717, 1.165) is 6.29 Å². The lowest BCUT2D eigenvalue weighted by molar-refractivity contribution is -0.125. The molecule has 2 aromatic carbocycles. The molecule has 0 aliphatic rings. The summed E-state index contributed by atoms with van der Waals surface area (Å²) in [7, 11) is 3.34. The van der Waals surface area contributed by atoms with Crippen LogP contribution in [0.15, 0.2) is 46.5 Å². The maximum absolute atomic E-state index is 12.7. The fourth-order valence-electron chi connectivity index (χ4n) is 4.44. The van der Waals surface area contributed by atoms with Crippen LogP contribution in [0.1, 0.15) is 52.5 Å². The first-order valence-corrected chi connectivity index (χ1v) is 15.7. The number of ether oxygens (including phenoxy) is 2. The lowest BCUT2D eigenvalue weighted by atomic mass is 10.0. The molecule has 0 saturated carbocycles. The van der Waals surface area contributed by atoms with Crippen LogP contribution in [0.25, 0.3) is 0 Å². The predicted molar refractivity (Wildman–Crippen MR) is 188 cm³/mol. The van der Waals surface area contributed by atoms with Gasteiger partial charge in [0.2, 0.25) is 18.2 Å². The summed E-state index contributed by atoms with van der Waals surface area (Å²) < 4.78 is 10.7. The minimum atomic E-state index is -0.354. The Bertz CT molecular complexity index is 1470. The number of aliphatic imine (C=N–C) groups is 1. The van der Waals surface area contributed by atoms with Gasteiger partial charge < -0.3 is 37.0 Å². The number of hydrogen-bond acceptors (Lipinski definition) is 13. The number of amides is 4. The minimum Gasteiger partial charge on any atom is -0.495 e. The minimum absolute atomic E-state index is 0.0253. The second-order valence-electron chi connectivity index (χ2n) is 10.9. The van der Waals surface area contributed by atoms with Gasteiger partial charge >= 0.3 is 0 Å². The number of imide groups is 1. The van der Waals surface area contributed by atoms with E-state index in [9.17, 15) is 24.0 Å². The second-order valence-corrected chi connectivity index (χ2v) is 10.9. The Hall–Kier alpha value is -5.19. The number of rotatable bonds is 23. The van der Waals surface area contributed by atoms with Crippen LogP contribution in [0.4, 0.5) is 11.4 Å². The third-order valence-corrected chi connectivity index (χ3v) is 7.43. The SMILES string of the molecule is COc1cc(C(=O)NC/C(C=NCCOCCNCCC(=O)Nc2cccc(C=O)c2CN(C)C(C)CCC(=O)NC=O)=N/N)ccc1N. The lowest BCUT2D eigenvalue weighted by Gasteiger charge is -2.26. The molecular formula is C33H47N9O7. The predicted octanol–water partition coefficient (Wildman–Crippen LogP) is 0.713. The van der Waals surface area contributed by atoms with Gasteiger partial charge in [-0.15, -0.1) is 0 Å². The van der Waals surface area contributed by atoms with Crippen LogP contribution in [0.3, 0.4) is 0 Å². The monoisotopic (exact) mass is 681 g/mol. The molecule has 0 heterocycles. The van der Waals surface area contributed by atoms with Crippen molar-refractivity contribution < 1.29 is 33.4 Å². The van der Waals surface area contributed by atoms with Gasteiger partial charge in [0.15, 0.2) is 0 Å². The average Bonchev–Trinajstić information content (AvgIpc) is 3.10. The number of nitrogens with zero attached hydrogens (tertiary/aromatic N) is 3. The maximum Gasteiger partial charge on any atom is 0.251 e. The van der Waals surface area contributed by atoms with Crippen LogP contribution in [0.5, 0.6) is 5.75 Å². The van der Waals surface area contributed by atoms with Crippen molar-refractivity contribution in [3.8, 4) is 5.75 Å². The number of nitrogen functional groups attached to an aromatic ring is 1. The fourth-order valence-corrected chi connectivity index (χ4v) is 4.44. The molecule has 1 atom stereocenters. The van der Waals surface area contributed by atoms with Crippen LogP contribution < -0.4 is 37.6 Å². The van der Waals surface area contributed by atoms with Crippen LogP contribution in [-0.4, -0.2) is 107 Å². The van der Waals surface area contributed by atoms with Gasteiger partial charge in [-0.2, -0.15) is 5.10 Å². The molecule has 16 nitrogen and oxygen atoms in total. The van der Waals surface area contributed by atoms with Gasteiger partial charge in [-0.1, -0.05) is 12.1 Å². The molecule has 0 spiro atoms. The van der Waals surface area contributed by atoms with Gasteiger partial charge in [0.05, 0.1) is 44.8 Å².